The fourth-order valence-corrected chi connectivity index (χ4v) is 4.28. The molecule has 0 radical (unpaired) electrons. The van der Waals surface area contributed by atoms with Gasteiger partial charge in [-0.3, -0.25) is 9.89 Å². The Morgan fingerprint density at radius 1 is 0.893 bits per heavy atom. The van der Waals surface area contributed by atoms with Crippen molar-refractivity contribution in [3.8, 4) is 5.75 Å². The molecule has 0 spiro atoms. The van der Waals surface area contributed by atoms with Crippen LogP contribution in [0.1, 0.15) is 100 Å². The molecule has 1 amide bonds. The lowest BCUT2D eigenvalue weighted by atomic mass is 10.00. The highest BCUT2D eigenvalue weighted by Gasteiger charge is 2.18. The van der Waals surface area contributed by atoms with E-state index in [1.165, 1.54) is 64.2 Å². The summed E-state index contributed by atoms with van der Waals surface area (Å²) in [6, 6.07) is 3.70. The smallest absolute Gasteiger partial charge is 0.255 e. The van der Waals surface area contributed by atoms with Crippen LogP contribution in [0.25, 0.3) is 10.9 Å². The standard InChI is InChI=1S/C23H35N3O2/c27-22-20(16-15-18-17-24-26-21(18)22)23(28)25-19-13-11-9-7-5-3-1-2-4-6-8-10-12-14-19/h15-17,19,27H,1-14H2,(H,24,26)(H,25,28). The number of aromatic nitrogens is 2. The number of carbonyl (C=O) groups excluding carboxylic acids is 1. The third kappa shape index (κ3) is 5.98. The zero-order valence-corrected chi connectivity index (χ0v) is 17.0. The number of amides is 1. The molecule has 1 fully saturated rings. The van der Waals surface area contributed by atoms with Crippen molar-refractivity contribution in [1.82, 2.24) is 15.5 Å². The molecule has 1 aromatic heterocycles. The first kappa shape index (κ1) is 20.7. The number of H-pyrrole nitrogens is 1. The molecule has 0 aliphatic heterocycles. The van der Waals surface area contributed by atoms with Gasteiger partial charge in [0, 0.05) is 17.6 Å². The Labute approximate surface area is 168 Å². The predicted octanol–water partition coefficient (Wildman–Crippen LogP) is 5.84. The van der Waals surface area contributed by atoms with Crippen molar-refractivity contribution in [1.29, 1.82) is 0 Å². The maximum atomic E-state index is 12.8. The van der Waals surface area contributed by atoms with Gasteiger partial charge in [0.15, 0.2) is 5.75 Å². The fourth-order valence-electron chi connectivity index (χ4n) is 4.28. The summed E-state index contributed by atoms with van der Waals surface area (Å²) in [4.78, 5) is 12.8. The first-order valence-electron chi connectivity index (χ1n) is 11.2. The summed E-state index contributed by atoms with van der Waals surface area (Å²) in [6.07, 6.45) is 19.4. The second-order valence-corrected chi connectivity index (χ2v) is 8.28. The monoisotopic (exact) mass is 385 g/mol. The summed E-state index contributed by atoms with van der Waals surface area (Å²) < 4.78 is 0. The largest absolute Gasteiger partial charge is 0.505 e. The zero-order chi connectivity index (χ0) is 19.6. The first-order valence-corrected chi connectivity index (χ1v) is 11.2. The van der Waals surface area contributed by atoms with Gasteiger partial charge in [0.25, 0.3) is 5.91 Å². The van der Waals surface area contributed by atoms with Crippen LogP contribution in [0, 0.1) is 0 Å². The van der Waals surface area contributed by atoms with Crippen LogP contribution in [0.2, 0.25) is 0 Å². The van der Waals surface area contributed by atoms with E-state index in [1.54, 1.807) is 12.3 Å². The summed E-state index contributed by atoms with van der Waals surface area (Å²) in [5, 5.41) is 21.2. The molecular formula is C23H35N3O2. The van der Waals surface area contributed by atoms with Gasteiger partial charge in [0.2, 0.25) is 0 Å². The number of rotatable bonds is 2. The van der Waals surface area contributed by atoms with Crippen LogP contribution in [0.3, 0.4) is 0 Å². The summed E-state index contributed by atoms with van der Waals surface area (Å²) in [6.45, 7) is 0. The van der Waals surface area contributed by atoms with Gasteiger partial charge in [-0.25, -0.2) is 0 Å². The van der Waals surface area contributed by atoms with Gasteiger partial charge < -0.3 is 10.4 Å². The minimum atomic E-state index is -0.190. The number of hydrogen-bond donors (Lipinski definition) is 3. The molecule has 1 saturated carbocycles. The van der Waals surface area contributed by atoms with Crippen LogP contribution in [0.15, 0.2) is 18.3 Å². The molecule has 1 aromatic carbocycles. The molecule has 2 aromatic rings. The van der Waals surface area contributed by atoms with Gasteiger partial charge in [0.05, 0.1) is 5.56 Å². The third-order valence-corrected chi connectivity index (χ3v) is 6.01. The number of phenolic OH excluding ortho intramolecular Hbond substituents is 1. The van der Waals surface area contributed by atoms with Crippen molar-refractivity contribution < 1.29 is 9.90 Å². The van der Waals surface area contributed by atoms with Crippen molar-refractivity contribution in [2.75, 3.05) is 0 Å². The van der Waals surface area contributed by atoms with Crippen LogP contribution in [-0.2, 0) is 0 Å². The second kappa shape index (κ2) is 11.1. The predicted molar refractivity (Wildman–Crippen MR) is 114 cm³/mol. The molecular weight excluding hydrogens is 350 g/mol. The Hall–Kier alpha value is -2.04. The Morgan fingerprint density at radius 3 is 2.00 bits per heavy atom. The zero-order valence-electron chi connectivity index (χ0n) is 17.0. The topological polar surface area (TPSA) is 78.0 Å². The SMILES string of the molecule is O=C(NC1CCCCCCCCCCCCCC1)c1ccc2c[nH]nc2c1O. The lowest BCUT2D eigenvalue weighted by Gasteiger charge is -2.19. The molecule has 5 nitrogen and oxygen atoms in total. The molecule has 1 aliphatic rings. The molecule has 0 bridgehead atoms. The van der Waals surface area contributed by atoms with E-state index >= 15 is 0 Å². The number of aromatic amines is 1. The average Bonchev–Trinajstić information content (AvgIpc) is 3.16. The minimum Gasteiger partial charge on any atom is -0.505 e. The van der Waals surface area contributed by atoms with Gasteiger partial charge >= 0.3 is 0 Å². The summed E-state index contributed by atoms with van der Waals surface area (Å²) in [7, 11) is 0. The van der Waals surface area contributed by atoms with Gasteiger partial charge in [-0.2, -0.15) is 5.10 Å². The van der Waals surface area contributed by atoms with Gasteiger partial charge in [0.1, 0.15) is 5.52 Å². The lowest BCUT2D eigenvalue weighted by Crippen LogP contribution is -2.35. The number of nitrogens with one attached hydrogen (secondary N) is 2. The van der Waals surface area contributed by atoms with E-state index in [9.17, 15) is 9.90 Å². The first-order chi connectivity index (χ1) is 13.8. The van der Waals surface area contributed by atoms with Crippen LogP contribution in [0.5, 0.6) is 5.75 Å². The number of aromatic hydroxyl groups is 1. The van der Waals surface area contributed by atoms with E-state index in [4.69, 9.17) is 0 Å². The summed E-state index contributed by atoms with van der Waals surface area (Å²) >= 11 is 0. The van der Waals surface area contributed by atoms with Crippen molar-refractivity contribution >= 4 is 16.8 Å². The Balaban J connectivity index is 1.59. The van der Waals surface area contributed by atoms with Crippen molar-refractivity contribution in [2.45, 2.75) is 95.9 Å². The van der Waals surface area contributed by atoms with E-state index in [-0.39, 0.29) is 17.7 Å². The van der Waals surface area contributed by atoms with E-state index in [0.717, 1.165) is 31.1 Å². The Bertz CT molecular complexity index is 725. The molecule has 28 heavy (non-hydrogen) atoms. The molecule has 0 atom stereocenters. The minimum absolute atomic E-state index is 0.0339. The number of nitrogens with zero attached hydrogens (tertiary/aromatic N) is 1. The van der Waals surface area contributed by atoms with Crippen molar-refractivity contribution in [3.05, 3.63) is 23.9 Å². The van der Waals surface area contributed by atoms with E-state index in [0.29, 0.717) is 11.1 Å². The number of fused-ring (bicyclic) bond motifs is 1. The lowest BCUT2D eigenvalue weighted by molar-refractivity contribution is 0.0929. The van der Waals surface area contributed by atoms with Gasteiger partial charge in [-0.15, -0.1) is 0 Å². The molecule has 0 unspecified atom stereocenters. The quantitative estimate of drug-likeness (QED) is 0.607. The van der Waals surface area contributed by atoms with Crippen molar-refractivity contribution in [2.24, 2.45) is 0 Å². The number of hydrogen-bond acceptors (Lipinski definition) is 3. The van der Waals surface area contributed by atoms with E-state index in [1.807, 2.05) is 6.07 Å². The number of benzene rings is 1. The van der Waals surface area contributed by atoms with Crippen LogP contribution in [-0.4, -0.2) is 27.3 Å². The molecule has 1 heterocycles. The fraction of sp³-hybridized carbons (Fsp3) is 0.652. The number of carbonyl (C=O) groups is 1. The van der Waals surface area contributed by atoms with Gasteiger partial charge in [-0.1, -0.05) is 83.1 Å². The molecule has 5 heteroatoms. The summed E-state index contributed by atoms with van der Waals surface area (Å²) in [5.41, 5.74) is 0.769. The molecule has 3 N–H and O–H groups in total. The van der Waals surface area contributed by atoms with Gasteiger partial charge in [-0.05, 0) is 18.9 Å². The maximum absolute atomic E-state index is 12.8. The average molecular weight is 386 g/mol. The van der Waals surface area contributed by atoms with Crippen LogP contribution >= 0.6 is 0 Å². The van der Waals surface area contributed by atoms with Crippen LogP contribution < -0.4 is 5.32 Å². The highest BCUT2D eigenvalue weighted by Crippen LogP contribution is 2.27. The molecule has 0 saturated heterocycles. The normalized spacial score (nSPS) is 19.0. The van der Waals surface area contributed by atoms with E-state index in [2.05, 4.69) is 15.5 Å². The second-order valence-electron chi connectivity index (χ2n) is 8.28. The van der Waals surface area contributed by atoms with Crippen molar-refractivity contribution in [3.63, 3.8) is 0 Å². The Kier molecular flexibility index (Phi) is 8.19. The number of phenols is 1. The highest BCUT2D eigenvalue weighted by atomic mass is 16.3. The maximum Gasteiger partial charge on any atom is 0.255 e. The molecule has 1 aliphatic carbocycles. The van der Waals surface area contributed by atoms with E-state index < -0.39 is 0 Å². The third-order valence-electron chi connectivity index (χ3n) is 6.01. The summed E-state index contributed by atoms with van der Waals surface area (Å²) in [5.74, 6) is -0.223. The molecule has 154 valence electrons. The molecule has 3 rings (SSSR count). The Morgan fingerprint density at radius 2 is 1.43 bits per heavy atom. The highest BCUT2D eigenvalue weighted by molar-refractivity contribution is 6.02. The van der Waals surface area contributed by atoms with Crippen LogP contribution in [0.4, 0.5) is 0 Å².